The Morgan fingerprint density at radius 2 is 1.87 bits per heavy atom. The van der Waals surface area contributed by atoms with Crippen molar-refractivity contribution in [2.45, 2.75) is 32.4 Å². The van der Waals surface area contributed by atoms with Gasteiger partial charge in [-0.15, -0.1) is 0 Å². The lowest BCUT2D eigenvalue weighted by Crippen LogP contribution is -2.47. The molecule has 0 bridgehead atoms. The predicted molar refractivity (Wildman–Crippen MR) is 115 cm³/mol. The summed E-state index contributed by atoms with van der Waals surface area (Å²) < 4.78 is 14.0. The number of rotatable bonds is 5. The number of hydrogen-bond acceptors (Lipinski definition) is 4. The van der Waals surface area contributed by atoms with Gasteiger partial charge in [0.2, 0.25) is 11.8 Å². The number of carbonyl (C=O) groups excluding carboxylic acids is 2. The van der Waals surface area contributed by atoms with Crippen LogP contribution in [0, 0.1) is 11.7 Å². The lowest BCUT2D eigenvalue weighted by atomic mass is 9.95. The number of nitrogens with zero attached hydrogens (tertiary/aromatic N) is 4. The van der Waals surface area contributed by atoms with Gasteiger partial charge in [-0.3, -0.25) is 19.5 Å². The quantitative estimate of drug-likeness (QED) is 0.741. The topological polar surface area (TPSA) is 56.8 Å². The van der Waals surface area contributed by atoms with E-state index in [2.05, 4.69) is 9.88 Å². The second-order valence-corrected chi connectivity index (χ2v) is 8.38. The van der Waals surface area contributed by atoms with E-state index in [9.17, 15) is 14.0 Å². The van der Waals surface area contributed by atoms with Crippen LogP contribution >= 0.6 is 0 Å². The molecule has 1 aromatic carbocycles. The summed E-state index contributed by atoms with van der Waals surface area (Å²) in [5.74, 6) is -0.425. The first-order valence-electron chi connectivity index (χ1n) is 11.0. The number of halogens is 1. The van der Waals surface area contributed by atoms with Gasteiger partial charge in [0.1, 0.15) is 5.82 Å². The fourth-order valence-corrected chi connectivity index (χ4v) is 4.43. The Morgan fingerprint density at radius 3 is 2.68 bits per heavy atom. The van der Waals surface area contributed by atoms with Crippen LogP contribution < -0.4 is 0 Å². The highest BCUT2D eigenvalue weighted by Gasteiger charge is 2.33. The minimum absolute atomic E-state index is 0.00953. The highest BCUT2D eigenvalue weighted by atomic mass is 19.1. The van der Waals surface area contributed by atoms with Crippen molar-refractivity contribution in [2.24, 2.45) is 5.92 Å². The summed E-state index contributed by atoms with van der Waals surface area (Å²) in [6.45, 7) is 4.53. The van der Waals surface area contributed by atoms with E-state index < -0.39 is 0 Å². The summed E-state index contributed by atoms with van der Waals surface area (Å²) >= 11 is 0. The highest BCUT2D eigenvalue weighted by Crippen LogP contribution is 2.23. The lowest BCUT2D eigenvalue weighted by Gasteiger charge is -2.34. The molecule has 0 radical (unpaired) electrons. The monoisotopic (exact) mass is 424 g/mol. The van der Waals surface area contributed by atoms with E-state index in [4.69, 9.17) is 0 Å². The molecule has 0 aliphatic carbocycles. The van der Waals surface area contributed by atoms with Gasteiger partial charge in [0.25, 0.3) is 0 Å². The SMILES string of the molecule is O=C1CCC(C(=O)N2CCCN(Cc3ccccn3)CC2)CN1Cc1ccccc1F. The number of piperidine rings is 1. The maximum absolute atomic E-state index is 14.0. The van der Waals surface area contributed by atoms with Crippen molar-refractivity contribution in [3.05, 3.63) is 65.7 Å². The van der Waals surface area contributed by atoms with E-state index >= 15 is 0 Å². The zero-order valence-electron chi connectivity index (χ0n) is 17.8. The van der Waals surface area contributed by atoms with Crippen LogP contribution in [0.25, 0.3) is 0 Å². The molecular formula is C24H29FN4O2. The standard InChI is InChI=1S/C24H29FN4O2/c25-22-8-2-1-6-19(22)16-29-17-20(9-10-23(29)30)24(31)28-13-5-12-27(14-15-28)18-21-7-3-4-11-26-21/h1-4,6-8,11,20H,5,9-10,12-18H2. The van der Waals surface area contributed by atoms with Crippen LogP contribution in [0.15, 0.2) is 48.7 Å². The molecule has 2 aliphatic rings. The molecule has 1 aromatic heterocycles. The molecule has 0 saturated carbocycles. The van der Waals surface area contributed by atoms with Gasteiger partial charge < -0.3 is 9.80 Å². The van der Waals surface area contributed by atoms with Crippen LogP contribution in [0.3, 0.4) is 0 Å². The number of carbonyl (C=O) groups is 2. The van der Waals surface area contributed by atoms with Crippen LogP contribution in [0.5, 0.6) is 0 Å². The Kier molecular flexibility index (Phi) is 6.92. The number of amides is 2. The lowest BCUT2D eigenvalue weighted by molar-refractivity contribution is -0.143. The molecule has 7 heteroatoms. The summed E-state index contributed by atoms with van der Waals surface area (Å²) in [5, 5.41) is 0. The number of likely N-dealkylation sites (tertiary alicyclic amines) is 1. The van der Waals surface area contributed by atoms with Crippen LogP contribution in [0.2, 0.25) is 0 Å². The van der Waals surface area contributed by atoms with Gasteiger partial charge in [-0.1, -0.05) is 24.3 Å². The van der Waals surface area contributed by atoms with Crippen molar-refractivity contribution in [2.75, 3.05) is 32.7 Å². The Labute approximate surface area is 182 Å². The maximum atomic E-state index is 14.0. The summed E-state index contributed by atoms with van der Waals surface area (Å²) in [4.78, 5) is 35.9. The molecule has 2 fully saturated rings. The third kappa shape index (κ3) is 5.47. The molecule has 0 spiro atoms. The Hall–Kier alpha value is -2.80. The maximum Gasteiger partial charge on any atom is 0.227 e. The van der Waals surface area contributed by atoms with E-state index in [0.29, 0.717) is 31.5 Å². The van der Waals surface area contributed by atoms with Crippen LogP contribution in [-0.2, 0) is 22.7 Å². The first-order chi connectivity index (χ1) is 15.1. The second-order valence-electron chi connectivity index (χ2n) is 8.38. The molecule has 1 unspecified atom stereocenters. The Balaban J connectivity index is 1.34. The van der Waals surface area contributed by atoms with E-state index in [-0.39, 0.29) is 30.1 Å². The van der Waals surface area contributed by atoms with Gasteiger partial charge in [-0.2, -0.15) is 0 Å². The van der Waals surface area contributed by atoms with Crippen molar-refractivity contribution < 1.29 is 14.0 Å². The third-order valence-corrected chi connectivity index (χ3v) is 6.18. The molecule has 2 saturated heterocycles. The molecular weight excluding hydrogens is 395 g/mol. The van der Waals surface area contributed by atoms with Gasteiger partial charge in [-0.25, -0.2) is 4.39 Å². The molecule has 4 rings (SSSR count). The third-order valence-electron chi connectivity index (χ3n) is 6.18. The largest absolute Gasteiger partial charge is 0.341 e. The summed E-state index contributed by atoms with van der Waals surface area (Å²) in [6.07, 6.45) is 3.63. The fraction of sp³-hybridized carbons (Fsp3) is 0.458. The Morgan fingerprint density at radius 1 is 1.03 bits per heavy atom. The number of aromatic nitrogens is 1. The predicted octanol–water partition coefficient (Wildman–Crippen LogP) is 2.69. The Bertz CT molecular complexity index is 907. The normalized spacial score (nSPS) is 20.5. The summed E-state index contributed by atoms with van der Waals surface area (Å²) in [5.41, 5.74) is 1.53. The smallest absolute Gasteiger partial charge is 0.227 e. The fourth-order valence-electron chi connectivity index (χ4n) is 4.43. The van der Waals surface area contributed by atoms with Gasteiger partial charge in [0.15, 0.2) is 0 Å². The van der Waals surface area contributed by atoms with Crippen molar-refractivity contribution in [1.29, 1.82) is 0 Å². The molecule has 3 heterocycles. The average Bonchev–Trinajstić information content (AvgIpc) is 3.02. The zero-order valence-corrected chi connectivity index (χ0v) is 17.8. The molecule has 2 aromatic rings. The number of benzene rings is 1. The van der Waals surface area contributed by atoms with E-state index in [0.717, 1.165) is 38.3 Å². The molecule has 2 amide bonds. The van der Waals surface area contributed by atoms with Gasteiger partial charge in [0.05, 0.1) is 11.6 Å². The van der Waals surface area contributed by atoms with E-state index in [1.807, 2.05) is 23.1 Å². The van der Waals surface area contributed by atoms with E-state index in [1.165, 1.54) is 6.07 Å². The minimum Gasteiger partial charge on any atom is -0.341 e. The molecule has 6 nitrogen and oxygen atoms in total. The van der Waals surface area contributed by atoms with Crippen molar-refractivity contribution in [3.8, 4) is 0 Å². The zero-order chi connectivity index (χ0) is 21.6. The molecule has 0 N–H and O–H groups in total. The highest BCUT2D eigenvalue weighted by molar-refractivity contribution is 5.84. The minimum atomic E-state index is -0.315. The first kappa shape index (κ1) is 21.4. The molecule has 2 aliphatic heterocycles. The van der Waals surface area contributed by atoms with Gasteiger partial charge >= 0.3 is 0 Å². The van der Waals surface area contributed by atoms with Crippen LogP contribution in [0.1, 0.15) is 30.5 Å². The summed E-state index contributed by atoms with van der Waals surface area (Å²) in [6, 6.07) is 12.4. The average molecular weight is 425 g/mol. The van der Waals surface area contributed by atoms with E-state index in [1.54, 1.807) is 29.3 Å². The van der Waals surface area contributed by atoms with Crippen molar-refractivity contribution >= 4 is 11.8 Å². The summed E-state index contributed by atoms with van der Waals surface area (Å²) in [7, 11) is 0. The van der Waals surface area contributed by atoms with Gasteiger partial charge in [0, 0.05) is 64.0 Å². The van der Waals surface area contributed by atoms with Gasteiger partial charge in [-0.05, 0) is 31.0 Å². The van der Waals surface area contributed by atoms with Crippen LogP contribution in [-0.4, -0.2) is 64.2 Å². The molecule has 1 atom stereocenters. The molecule has 31 heavy (non-hydrogen) atoms. The number of hydrogen-bond donors (Lipinski definition) is 0. The second kappa shape index (κ2) is 10.0. The number of pyridine rings is 1. The molecule has 164 valence electrons. The first-order valence-corrected chi connectivity index (χ1v) is 11.0. The van der Waals surface area contributed by atoms with Crippen molar-refractivity contribution in [1.82, 2.24) is 19.7 Å². The van der Waals surface area contributed by atoms with Crippen molar-refractivity contribution in [3.63, 3.8) is 0 Å². The van der Waals surface area contributed by atoms with Crippen LogP contribution in [0.4, 0.5) is 4.39 Å².